The number of urea groups is 1. The fourth-order valence-corrected chi connectivity index (χ4v) is 4.98. The molecule has 1 aliphatic heterocycles. The lowest BCUT2D eigenvalue weighted by atomic mass is 9.95. The third kappa shape index (κ3) is 10.4. The molecule has 0 saturated carbocycles. The van der Waals surface area contributed by atoms with E-state index in [1.54, 1.807) is 42.7 Å². The minimum Gasteiger partial charge on any atom is -0.495 e. The van der Waals surface area contributed by atoms with Crippen LogP contribution in [0.3, 0.4) is 0 Å². The van der Waals surface area contributed by atoms with Crippen LogP contribution in [0.4, 0.5) is 25.9 Å². The van der Waals surface area contributed by atoms with E-state index < -0.39 is 29.4 Å². The molecule has 2 N–H and O–H groups in total. The van der Waals surface area contributed by atoms with Gasteiger partial charge in [0.2, 0.25) is 0 Å². The molecule has 244 valence electrons. The highest BCUT2D eigenvalue weighted by Gasteiger charge is 2.33. The number of likely N-dealkylation sites (tertiary alicyclic amines) is 1. The number of nitriles is 1. The summed E-state index contributed by atoms with van der Waals surface area (Å²) >= 11 is 6.74. The first-order chi connectivity index (χ1) is 21.0. The van der Waals surface area contributed by atoms with E-state index >= 15 is 0 Å². The molecule has 0 radical (unpaired) electrons. The van der Waals surface area contributed by atoms with E-state index in [0.717, 1.165) is 0 Å². The molecule has 1 aromatic heterocycles. The van der Waals surface area contributed by atoms with Gasteiger partial charge in [0, 0.05) is 24.7 Å². The molecular weight excluding hydrogens is 602 g/mol. The van der Waals surface area contributed by atoms with E-state index in [2.05, 4.69) is 20.6 Å². The summed E-state index contributed by atoms with van der Waals surface area (Å²) in [6.07, 6.45) is 3.03. The summed E-state index contributed by atoms with van der Waals surface area (Å²) in [5.74, 6) is 0.568. The van der Waals surface area contributed by atoms with Gasteiger partial charge in [0.15, 0.2) is 11.5 Å². The number of piperidine rings is 1. The van der Waals surface area contributed by atoms with Crippen molar-refractivity contribution in [1.82, 2.24) is 19.8 Å². The Morgan fingerprint density at radius 2 is 1.71 bits per heavy atom. The summed E-state index contributed by atoms with van der Waals surface area (Å²) in [6, 6.07) is 3.92. The quantitative estimate of drug-likeness (QED) is 0.339. The normalized spacial score (nSPS) is 14.5. The molecule has 3 rings (SSSR count). The number of carbonyl (C=O) groups is 3. The topological polar surface area (TPSA) is 159 Å². The van der Waals surface area contributed by atoms with E-state index in [4.69, 9.17) is 31.1 Å². The summed E-state index contributed by atoms with van der Waals surface area (Å²) in [5, 5.41) is 14.4. The third-order valence-corrected chi connectivity index (χ3v) is 7.17. The molecule has 0 bridgehead atoms. The molecule has 1 aromatic carbocycles. The van der Waals surface area contributed by atoms with Crippen molar-refractivity contribution in [3.63, 3.8) is 0 Å². The fraction of sp³-hybridized carbons (Fsp3) is 0.548. The smallest absolute Gasteiger partial charge is 0.410 e. The zero-order chi connectivity index (χ0) is 33.5. The number of halogens is 1. The predicted molar refractivity (Wildman–Crippen MR) is 169 cm³/mol. The summed E-state index contributed by atoms with van der Waals surface area (Å²) in [5.41, 5.74) is -0.306. The lowest BCUT2D eigenvalue weighted by molar-refractivity contribution is 0.00436. The lowest BCUT2D eigenvalue weighted by Gasteiger charge is -2.38. The van der Waals surface area contributed by atoms with Crippen LogP contribution < -0.4 is 15.4 Å². The van der Waals surface area contributed by atoms with Crippen molar-refractivity contribution in [3.05, 3.63) is 40.8 Å². The standard InChI is InChI=1S/C31H42ClN7O6/c1-19(22-13-25(43-8)24(14-23(22)32)36-27(40)37-26-17-34-21(15-33)16-35-26)39(29(42)45-31(5,6)7)18-20-9-11-38(12-10-20)28(41)44-30(2,3)4/h13-14,16-17,19-20H,9-12,18H2,1-8H3,(H2,35,36,37,40). The van der Waals surface area contributed by atoms with E-state index in [9.17, 15) is 14.4 Å². The number of amides is 4. The van der Waals surface area contributed by atoms with Crippen molar-refractivity contribution in [1.29, 1.82) is 5.26 Å². The number of carbonyl (C=O) groups excluding carboxylic acids is 3. The van der Waals surface area contributed by atoms with E-state index in [1.807, 2.05) is 33.8 Å². The number of nitrogens with zero attached hydrogens (tertiary/aromatic N) is 5. The maximum atomic E-state index is 13.5. The Labute approximate surface area is 269 Å². The number of methoxy groups -OCH3 is 1. The van der Waals surface area contributed by atoms with Gasteiger partial charge in [0.25, 0.3) is 0 Å². The molecule has 0 spiro atoms. The number of anilines is 2. The number of nitrogens with one attached hydrogen (secondary N) is 2. The molecule has 1 aliphatic rings. The second-order valence-electron chi connectivity index (χ2n) is 12.8. The van der Waals surface area contributed by atoms with E-state index in [-0.39, 0.29) is 29.2 Å². The second-order valence-corrected chi connectivity index (χ2v) is 13.2. The van der Waals surface area contributed by atoms with Crippen LogP contribution >= 0.6 is 11.6 Å². The van der Waals surface area contributed by atoms with Crippen LogP contribution in [0.5, 0.6) is 5.75 Å². The lowest BCUT2D eigenvalue weighted by Crippen LogP contribution is -2.46. The Balaban J connectivity index is 1.78. The molecule has 45 heavy (non-hydrogen) atoms. The number of benzene rings is 1. The minimum absolute atomic E-state index is 0.106. The van der Waals surface area contributed by atoms with Crippen LogP contribution in [0, 0.1) is 17.2 Å². The Morgan fingerprint density at radius 3 is 2.24 bits per heavy atom. The molecule has 1 fully saturated rings. The number of ether oxygens (including phenoxy) is 3. The number of aromatic nitrogens is 2. The Bertz CT molecular complexity index is 1410. The molecule has 4 amide bonds. The second kappa shape index (κ2) is 14.6. The molecule has 13 nitrogen and oxygen atoms in total. The number of hydrogen-bond donors (Lipinski definition) is 2. The van der Waals surface area contributed by atoms with Gasteiger partial charge in [-0.1, -0.05) is 11.6 Å². The highest BCUT2D eigenvalue weighted by atomic mass is 35.5. The first kappa shape index (κ1) is 35.2. The van der Waals surface area contributed by atoms with Crippen molar-refractivity contribution >= 4 is 41.3 Å². The summed E-state index contributed by atoms with van der Waals surface area (Å²) < 4.78 is 16.9. The van der Waals surface area contributed by atoms with E-state index in [0.29, 0.717) is 48.8 Å². The molecule has 1 saturated heterocycles. The summed E-state index contributed by atoms with van der Waals surface area (Å²) in [6.45, 7) is 14.2. The van der Waals surface area contributed by atoms with Crippen molar-refractivity contribution in [2.75, 3.05) is 37.4 Å². The summed E-state index contributed by atoms with van der Waals surface area (Å²) in [7, 11) is 1.46. The van der Waals surface area contributed by atoms with Gasteiger partial charge in [-0.2, -0.15) is 5.26 Å². The average molecular weight is 644 g/mol. The maximum Gasteiger partial charge on any atom is 0.410 e. The number of rotatable bonds is 7. The van der Waals surface area contributed by atoms with Crippen LogP contribution in [0.15, 0.2) is 24.5 Å². The van der Waals surface area contributed by atoms with Gasteiger partial charge in [-0.15, -0.1) is 0 Å². The minimum atomic E-state index is -0.725. The van der Waals surface area contributed by atoms with Gasteiger partial charge >= 0.3 is 18.2 Å². The van der Waals surface area contributed by atoms with Gasteiger partial charge in [0.1, 0.15) is 23.0 Å². The van der Waals surface area contributed by atoms with Gasteiger partial charge in [-0.05, 0) is 84.9 Å². The molecular formula is C31H42ClN7O6. The predicted octanol–water partition coefficient (Wildman–Crippen LogP) is 6.60. The van der Waals surface area contributed by atoms with Crippen LogP contribution in [0.1, 0.15) is 78.6 Å². The first-order valence-corrected chi connectivity index (χ1v) is 15.0. The van der Waals surface area contributed by atoms with Gasteiger partial charge in [-0.3, -0.25) is 5.32 Å². The van der Waals surface area contributed by atoms with Gasteiger partial charge in [0.05, 0.1) is 31.2 Å². The molecule has 2 aromatic rings. The van der Waals surface area contributed by atoms with Crippen LogP contribution in [0.2, 0.25) is 5.02 Å². The Morgan fingerprint density at radius 1 is 1.07 bits per heavy atom. The molecule has 1 unspecified atom stereocenters. The van der Waals surface area contributed by atoms with Crippen molar-refractivity contribution in [2.24, 2.45) is 5.92 Å². The van der Waals surface area contributed by atoms with Crippen molar-refractivity contribution in [2.45, 2.75) is 78.6 Å². The zero-order valence-corrected chi connectivity index (χ0v) is 27.8. The Hall–Kier alpha value is -4.31. The third-order valence-electron chi connectivity index (χ3n) is 6.84. The van der Waals surface area contributed by atoms with E-state index in [1.165, 1.54) is 19.5 Å². The maximum absolute atomic E-state index is 13.5. The SMILES string of the molecule is COc1cc(C(C)N(CC2CCN(C(=O)OC(C)(C)C)CC2)C(=O)OC(C)(C)C)c(Cl)cc1NC(=O)Nc1cnc(C#N)cn1. The van der Waals surface area contributed by atoms with Crippen LogP contribution in [-0.4, -0.2) is 75.9 Å². The molecule has 0 aliphatic carbocycles. The van der Waals surface area contributed by atoms with Crippen molar-refractivity contribution < 1.29 is 28.6 Å². The average Bonchev–Trinajstić information content (AvgIpc) is 2.94. The van der Waals surface area contributed by atoms with Crippen molar-refractivity contribution in [3.8, 4) is 11.8 Å². The largest absolute Gasteiger partial charge is 0.495 e. The van der Waals surface area contributed by atoms with Gasteiger partial charge < -0.3 is 29.3 Å². The highest BCUT2D eigenvalue weighted by molar-refractivity contribution is 6.32. The highest BCUT2D eigenvalue weighted by Crippen LogP contribution is 2.38. The molecule has 2 heterocycles. The van der Waals surface area contributed by atoms with Gasteiger partial charge in [-0.25, -0.2) is 24.4 Å². The summed E-state index contributed by atoms with van der Waals surface area (Å²) in [4.78, 5) is 49.9. The zero-order valence-electron chi connectivity index (χ0n) is 27.1. The van der Waals surface area contributed by atoms with Crippen LogP contribution in [0.25, 0.3) is 0 Å². The first-order valence-electron chi connectivity index (χ1n) is 14.6. The molecule has 1 atom stereocenters. The Kier molecular flexibility index (Phi) is 11.4. The number of hydrogen-bond acceptors (Lipinski definition) is 9. The van der Waals surface area contributed by atoms with Crippen LogP contribution in [-0.2, 0) is 9.47 Å². The monoisotopic (exact) mass is 643 g/mol. The molecule has 14 heteroatoms. The fourth-order valence-electron chi connectivity index (χ4n) is 4.66.